The Labute approximate surface area is 281 Å². The lowest BCUT2D eigenvalue weighted by Gasteiger charge is -2.30. The Bertz CT molecular complexity index is 1480. The number of aliphatic hydroxyl groups is 1. The van der Waals surface area contributed by atoms with Gasteiger partial charge in [0.25, 0.3) is 5.91 Å². The SMILES string of the molecule is CCN(CCCC1CCCC1)c1ccc(C2=C(O)C(=C3C(=O)N(C(C)(C)C)N=C3CC3CCCC3)C2=O)c(NC(=O)C(C)(C)CC)c1. The Morgan fingerprint density at radius 2 is 1.60 bits per heavy atom. The molecule has 0 atom stereocenters. The molecule has 4 aliphatic rings. The zero-order valence-corrected chi connectivity index (χ0v) is 29.8. The van der Waals surface area contributed by atoms with Crippen molar-refractivity contribution in [3.8, 4) is 0 Å². The summed E-state index contributed by atoms with van der Waals surface area (Å²) in [6, 6.07) is 5.74. The van der Waals surface area contributed by atoms with Crippen molar-refractivity contribution in [1.29, 1.82) is 0 Å². The number of allylic oxidation sites excluding steroid dienone is 2. The predicted octanol–water partition coefficient (Wildman–Crippen LogP) is 8.58. The summed E-state index contributed by atoms with van der Waals surface area (Å²) in [4.78, 5) is 43.6. The Balaban J connectivity index is 1.51. The maximum atomic E-state index is 14.1. The molecule has 0 aromatic heterocycles. The smallest absolute Gasteiger partial charge is 0.277 e. The second-order valence-corrected chi connectivity index (χ2v) is 15.8. The van der Waals surface area contributed by atoms with Crippen molar-refractivity contribution in [3.63, 3.8) is 0 Å². The third-order valence-corrected chi connectivity index (χ3v) is 11.0. The number of amides is 2. The van der Waals surface area contributed by atoms with Gasteiger partial charge in [-0.1, -0.05) is 72.1 Å². The van der Waals surface area contributed by atoms with Gasteiger partial charge in [0.05, 0.1) is 33.7 Å². The van der Waals surface area contributed by atoms with Gasteiger partial charge in [0.1, 0.15) is 5.76 Å². The van der Waals surface area contributed by atoms with Gasteiger partial charge < -0.3 is 15.3 Å². The average molecular weight is 645 g/mol. The average Bonchev–Trinajstić information content (AvgIpc) is 3.80. The molecule has 2 saturated carbocycles. The fourth-order valence-electron chi connectivity index (χ4n) is 7.51. The van der Waals surface area contributed by atoms with Crippen LogP contribution in [0.15, 0.2) is 40.2 Å². The molecule has 2 N–H and O–H groups in total. The van der Waals surface area contributed by atoms with Gasteiger partial charge in [0.15, 0.2) is 0 Å². The molecule has 47 heavy (non-hydrogen) atoms. The van der Waals surface area contributed by atoms with Gasteiger partial charge in [-0.2, -0.15) is 5.10 Å². The van der Waals surface area contributed by atoms with Crippen LogP contribution in [0.3, 0.4) is 0 Å². The molecule has 2 fully saturated rings. The van der Waals surface area contributed by atoms with Gasteiger partial charge in [0, 0.05) is 29.8 Å². The molecule has 0 bridgehead atoms. The highest BCUT2D eigenvalue weighted by Gasteiger charge is 2.46. The fraction of sp³-hybridized carbons (Fsp3) is 0.641. The number of rotatable bonds is 12. The molecule has 3 aliphatic carbocycles. The van der Waals surface area contributed by atoms with Gasteiger partial charge in [0.2, 0.25) is 11.7 Å². The maximum absolute atomic E-state index is 14.1. The Morgan fingerprint density at radius 1 is 0.957 bits per heavy atom. The molecule has 0 spiro atoms. The first kappa shape index (κ1) is 34.9. The normalized spacial score (nSPS) is 21.2. The maximum Gasteiger partial charge on any atom is 0.277 e. The molecule has 8 heteroatoms. The van der Waals surface area contributed by atoms with E-state index < -0.39 is 11.0 Å². The second kappa shape index (κ2) is 14.0. The number of nitrogens with one attached hydrogen (secondary N) is 1. The van der Waals surface area contributed by atoms with Crippen molar-refractivity contribution >= 4 is 40.3 Å². The summed E-state index contributed by atoms with van der Waals surface area (Å²) in [7, 11) is 0. The van der Waals surface area contributed by atoms with Crippen molar-refractivity contribution in [1.82, 2.24) is 5.01 Å². The quantitative estimate of drug-likeness (QED) is 0.222. The molecule has 1 heterocycles. The van der Waals surface area contributed by atoms with Crippen LogP contribution in [-0.2, 0) is 14.4 Å². The van der Waals surface area contributed by atoms with E-state index in [1.54, 1.807) is 0 Å². The fourth-order valence-corrected chi connectivity index (χ4v) is 7.51. The standard InChI is InChI=1S/C39H56N4O4/c1-8-39(6,7)37(47)40-29-24-27(42(9-2)22-14-19-25-15-10-11-16-25)20-21-28(29)31-34(44)33(35(31)45)32-30(23-26-17-12-13-18-26)41-43(36(32)46)38(3,4)5/h20-21,24-26,44H,8-19,22-23H2,1-7H3,(H,40,47). The minimum Gasteiger partial charge on any atom is -0.506 e. The highest BCUT2D eigenvalue weighted by atomic mass is 16.3. The molecule has 256 valence electrons. The third kappa shape index (κ3) is 7.22. The number of anilines is 2. The number of hydrazone groups is 1. The summed E-state index contributed by atoms with van der Waals surface area (Å²) in [6.07, 6.45) is 13.4. The van der Waals surface area contributed by atoms with E-state index in [-0.39, 0.29) is 40.1 Å². The van der Waals surface area contributed by atoms with Crippen molar-refractivity contribution in [2.45, 2.75) is 131 Å². The first-order valence-corrected chi connectivity index (χ1v) is 18.1. The minimum absolute atomic E-state index is 0.0471. The van der Waals surface area contributed by atoms with E-state index in [4.69, 9.17) is 5.10 Å². The van der Waals surface area contributed by atoms with Gasteiger partial charge in [-0.25, -0.2) is 5.01 Å². The number of Topliss-reactive ketones (excluding diaryl/α,β-unsaturated/α-hetero) is 1. The van der Waals surface area contributed by atoms with Gasteiger partial charge >= 0.3 is 0 Å². The van der Waals surface area contributed by atoms with Crippen LogP contribution < -0.4 is 10.2 Å². The highest BCUT2D eigenvalue weighted by molar-refractivity contribution is 6.44. The van der Waals surface area contributed by atoms with Crippen LogP contribution in [-0.4, -0.2) is 52.1 Å². The Hall–Kier alpha value is -3.42. The van der Waals surface area contributed by atoms with Crippen molar-refractivity contribution in [2.24, 2.45) is 22.4 Å². The lowest BCUT2D eigenvalue weighted by molar-refractivity contribution is -0.130. The van der Waals surface area contributed by atoms with Gasteiger partial charge in [-0.05, 0) is 83.4 Å². The summed E-state index contributed by atoms with van der Waals surface area (Å²) >= 11 is 0. The van der Waals surface area contributed by atoms with E-state index >= 15 is 0 Å². The number of benzene rings is 1. The molecule has 0 radical (unpaired) electrons. The predicted molar refractivity (Wildman–Crippen MR) is 190 cm³/mol. The molecular formula is C39H56N4O4. The van der Waals surface area contributed by atoms with E-state index in [2.05, 4.69) is 17.1 Å². The molecule has 0 saturated heterocycles. The zero-order chi connectivity index (χ0) is 34.1. The lowest BCUT2D eigenvalue weighted by atomic mass is 9.78. The van der Waals surface area contributed by atoms with E-state index in [1.807, 2.05) is 59.7 Å². The number of hydrogen-bond acceptors (Lipinski definition) is 6. The summed E-state index contributed by atoms with van der Waals surface area (Å²) in [5.41, 5.74) is 1.74. The van der Waals surface area contributed by atoms with Crippen LogP contribution in [0.2, 0.25) is 0 Å². The molecule has 5 rings (SSSR count). The number of carbonyl (C=O) groups excluding carboxylic acids is 3. The number of ketones is 1. The first-order valence-electron chi connectivity index (χ1n) is 18.1. The van der Waals surface area contributed by atoms with Gasteiger partial charge in [-0.15, -0.1) is 0 Å². The summed E-state index contributed by atoms with van der Waals surface area (Å²) in [6.45, 7) is 15.4. The van der Waals surface area contributed by atoms with E-state index in [1.165, 1.54) is 37.1 Å². The number of aliphatic hydroxyl groups excluding tert-OH is 1. The van der Waals surface area contributed by atoms with Crippen LogP contribution in [0.1, 0.15) is 131 Å². The molecular weight excluding hydrogens is 588 g/mol. The lowest BCUT2D eigenvalue weighted by Crippen LogP contribution is -2.40. The summed E-state index contributed by atoms with van der Waals surface area (Å²) in [5.74, 6) is 0.165. The molecule has 0 unspecified atom stereocenters. The van der Waals surface area contributed by atoms with Crippen LogP contribution in [0.5, 0.6) is 0 Å². The summed E-state index contributed by atoms with van der Waals surface area (Å²) < 4.78 is 0. The number of carbonyl (C=O) groups is 3. The summed E-state index contributed by atoms with van der Waals surface area (Å²) in [5, 5.41) is 20.9. The minimum atomic E-state index is -0.621. The zero-order valence-electron chi connectivity index (χ0n) is 29.8. The number of hydrogen-bond donors (Lipinski definition) is 2. The van der Waals surface area contributed by atoms with Crippen LogP contribution in [0.25, 0.3) is 5.57 Å². The topological polar surface area (TPSA) is 102 Å². The van der Waals surface area contributed by atoms with E-state index in [9.17, 15) is 19.5 Å². The second-order valence-electron chi connectivity index (χ2n) is 15.8. The molecule has 1 aromatic rings. The monoisotopic (exact) mass is 644 g/mol. The van der Waals surface area contributed by atoms with Crippen LogP contribution in [0, 0.1) is 17.3 Å². The van der Waals surface area contributed by atoms with Crippen LogP contribution in [0.4, 0.5) is 11.4 Å². The van der Waals surface area contributed by atoms with Crippen molar-refractivity contribution in [3.05, 3.63) is 40.7 Å². The number of nitrogens with zero attached hydrogens (tertiary/aromatic N) is 3. The molecule has 1 aliphatic heterocycles. The van der Waals surface area contributed by atoms with Gasteiger partial charge in [-0.3, -0.25) is 14.4 Å². The molecule has 8 nitrogen and oxygen atoms in total. The van der Waals surface area contributed by atoms with Crippen molar-refractivity contribution < 1.29 is 19.5 Å². The molecule has 1 aromatic carbocycles. The third-order valence-electron chi connectivity index (χ3n) is 11.0. The largest absolute Gasteiger partial charge is 0.506 e. The first-order chi connectivity index (χ1) is 22.3. The Morgan fingerprint density at radius 3 is 2.17 bits per heavy atom. The van der Waals surface area contributed by atoms with Crippen molar-refractivity contribution in [2.75, 3.05) is 23.3 Å². The Kier molecular flexibility index (Phi) is 10.4. The highest BCUT2D eigenvalue weighted by Crippen LogP contribution is 2.45. The van der Waals surface area contributed by atoms with E-state index in [0.29, 0.717) is 35.7 Å². The molecule has 2 amide bonds. The van der Waals surface area contributed by atoms with E-state index in [0.717, 1.165) is 56.8 Å². The van der Waals surface area contributed by atoms with Crippen LogP contribution >= 0.6 is 0 Å².